The molecule has 18 heavy (non-hydrogen) atoms. The van der Waals surface area contributed by atoms with Crippen LogP contribution in [-0.4, -0.2) is 24.0 Å². The van der Waals surface area contributed by atoms with E-state index in [0.29, 0.717) is 6.04 Å². The molecule has 0 bridgehead atoms. The van der Waals surface area contributed by atoms with E-state index < -0.39 is 0 Å². The van der Waals surface area contributed by atoms with E-state index in [9.17, 15) is 0 Å². The van der Waals surface area contributed by atoms with E-state index in [1.807, 2.05) is 25.1 Å². The first-order chi connectivity index (χ1) is 8.52. The highest BCUT2D eigenvalue weighted by molar-refractivity contribution is 6.31. The molecule has 102 valence electrons. The molecule has 1 aromatic rings. The van der Waals surface area contributed by atoms with Gasteiger partial charge in [0.1, 0.15) is 0 Å². The van der Waals surface area contributed by atoms with Crippen molar-refractivity contribution in [2.75, 3.05) is 7.05 Å². The van der Waals surface area contributed by atoms with Gasteiger partial charge in [0.2, 0.25) is 0 Å². The second-order valence-electron chi connectivity index (χ2n) is 4.96. The maximum Gasteiger partial charge on any atom is 0.0511 e. The summed E-state index contributed by atoms with van der Waals surface area (Å²) in [6, 6.07) is 8.76. The lowest BCUT2D eigenvalue weighted by molar-refractivity contribution is 0.146. The molecule has 0 aliphatic carbocycles. The Bertz CT molecular complexity index is 361. The molecule has 0 amide bonds. The SMILES string of the molecule is CCC(CC)N(C)C(c1ccccc1Cl)C(C)N. The Labute approximate surface area is 116 Å². The molecule has 0 aliphatic rings. The van der Waals surface area contributed by atoms with Crippen molar-refractivity contribution in [2.45, 2.75) is 51.7 Å². The molecule has 0 saturated carbocycles. The summed E-state index contributed by atoms with van der Waals surface area (Å²) in [6.07, 6.45) is 2.25. The first-order valence-corrected chi connectivity index (χ1v) is 7.12. The Morgan fingerprint density at radius 1 is 1.22 bits per heavy atom. The molecule has 1 rings (SSSR count). The molecule has 1 aromatic carbocycles. The van der Waals surface area contributed by atoms with Crippen LogP contribution in [0.25, 0.3) is 0 Å². The van der Waals surface area contributed by atoms with Gasteiger partial charge >= 0.3 is 0 Å². The summed E-state index contributed by atoms with van der Waals surface area (Å²) in [7, 11) is 2.15. The molecule has 0 fully saturated rings. The molecule has 0 aliphatic heterocycles. The lowest BCUT2D eigenvalue weighted by Gasteiger charge is -2.37. The third-order valence-electron chi connectivity index (χ3n) is 3.68. The van der Waals surface area contributed by atoms with Gasteiger partial charge < -0.3 is 5.73 Å². The minimum absolute atomic E-state index is 0.0514. The minimum atomic E-state index is 0.0514. The van der Waals surface area contributed by atoms with Gasteiger partial charge in [-0.25, -0.2) is 0 Å². The monoisotopic (exact) mass is 268 g/mol. The second-order valence-corrected chi connectivity index (χ2v) is 5.37. The Morgan fingerprint density at radius 3 is 2.22 bits per heavy atom. The van der Waals surface area contributed by atoms with Gasteiger partial charge in [-0.2, -0.15) is 0 Å². The minimum Gasteiger partial charge on any atom is -0.326 e. The van der Waals surface area contributed by atoms with E-state index >= 15 is 0 Å². The van der Waals surface area contributed by atoms with Crippen LogP contribution < -0.4 is 5.73 Å². The van der Waals surface area contributed by atoms with Crippen LogP contribution in [0.2, 0.25) is 5.02 Å². The molecular weight excluding hydrogens is 244 g/mol. The Morgan fingerprint density at radius 2 is 1.78 bits per heavy atom. The lowest BCUT2D eigenvalue weighted by Crippen LogP contribution is -2.42. The average Bonchev–Trinajstić information content (AvgIpc) is 2.33. The molecule has 0 aromatic heterocycles. The third kappa shape index (κ3) is 3.47. The van der Waals surface area contributed by atoms with Gasteiger partial charge in [0.05, 0.1) is 6.04 Å². The van der Waals surface area contributed by atoms with E-state index in [2.05, 4.69) is 31.9 Å². The molecule has 0 saturated heterocycles. The van der Waals surface area contributed by atoms with E-state index in [1.54, 1.807) is 0 Å². The van der Waals surface area contributed by atoms with E-state index in [0.717, 1.165) is 23.4 Å². The quantitative estimate of drug-likeness (QED) is 0.849. The number of hydrogen-bond acceptors (Lipinski definition) is 2. The van der Waals surface area contributed by atoms with Crippen LogP contribution in [0.5, 0.6) is 0 Å². The van der Waals surface area contributed by atoms with Crippen molar-refractivity contribution in [3.8, 4) is 0 Å². The Kier molecular flexibility index (Phi) is 6.13. The van der Waals surface area contributed by atoms with Crippen molar-refractivity contribution in [1.29, 1.82) is 0 Å². The van der Waals surface area contributed by atoms with Crippen molar-refractivity contribution in [1.82, 2.24) is 4.90 Å². The van der Waals surface area contributed by atoms with Gasteiger partial charge in [-0.1, -0.05) is 43.6 Å². The van der Waals surface area contributed by atoms with Crippen molar-refractivity contribution >= 4 is 11.6 Å². The van der Waals surface area contributed by atoms with Crippen molar-refractivity contribution < 1.29 is 0 Å². The highest BCUT2D eigenvalue weighted by Gasteiger charge is 2.26. The molecule has 0 radical (unpaired) electrons. The third-order valence-corrected chi connectivity index (χ3v) is 4.02. The summed E-state index contributed by atoms with van der Waals surface area (Å²) in [5.74, 6) is 0. The zero-order valence-electron chi connectivity index (χ0n) is 11.9. The molecule has 2 nitrogen and oxygen atoms in total. The normalized spacial score (nSPS) is 15.1. The van der Waals surface area contributed by atoms with Crippen LogP contribution in [0.4, 0.5) is 0 Å². The zero-order chi connectivity index (χ0) is 13.7. The van der Waals surface area contributed by atoms with Gasteiger partial charge in [0, 0.05) is 17.1 Å². The van der Waals surface area contributed by atoms with Gasteiger partial charge in [0.15, 0.2) is 0 Å². The molecule has 3 heteroatoms. The fraction of sp³-hybridized carbons (Fsp3) is 0.600. The standard InChI is InChI=1S/C15H25ClN2/c1-5-12(6-2)18(4)15(11(3)17)13-9-7-8-10-14(13)16/h7-12,15H,5-6,17H2,1-4H3. The van der Waals surface area contributed by atoms with Crippen LogP contribution >= 0.6 is 11.6 Å². The summed E-state index contributed by atoms with van der Waals surface area (Å²) < 4.78 is 0. The number of nitrogens with zero attached hydrogens (tertiary/aromatic N) is 1. The molecule has 2 atom stereocenters. The predicted molar refractivity (Wildman–Crippen MR) is 80.0 cm³/mol. The number of hydrogen-bond donors (Lipinski definition) is 1. The fourth-order valence-corrected chi connectivity index (χ4v) is 2.93. The summed E-state index contributed by atoms with van der Waals surface area (Å²) >= 11 is 6.32. The number of rotatable bonds is 6. The fourth-order valence-electron chi connectivity index (χ4n) is 2.68. The molecular formula is C15H25ClN2. The topological polar surface area (TPSA) is 29.3 Å². The summed E-state index contributed by atoms with van der Waals surface area (Å²) in [6.45, 7) is 6.48. The number of likely N-dealkylation sites (N-methyl/N-ethyl adjacent to an activating group) is 1. The molecule has 0 heterocycles. The van der Waals surface area contributed by atoms with E-state index in [-0.39, 0.29) is 12.1 Å². The lowest BCUT2D eigenvalue weighted by atomic mass is 9.96. The largest absolute Gasteiger partial charge is 0.326 e. The zero-order valence-corrected chi connectivity index (χ0v) is 12.6. The predicted octanol–water partition coefficient (Wildman–Crippen LogP) is 3.85. The van der Waals surface area contributed by atoms with Crippen molar-refractivity contribution in [2.24, 2.45) is 5.73 Å². The molecule has 2 unspecified atom stereocenters. The van der Waals surface area contributed by atoms with Crippen LogP contribution in [0.1, 0.15) is 45.2 Å². The number of halogens is 1. The van der Waals surface area contributed by atoms with Crippen molar-refractivity contribution in [3.05, 3.63) is 34.9 Å². The smallest absolute Gasteiger partial charge is 0.0511 e. The van der Waals surface area contributed by atoms with Crippen LogP contribution in [0.15, 0.2) is 24.3 Å². The Hall–Kier alpha value is -0.570. The van der Waals surface area contributed by atoms with Gasteiger partial charge in [-0.3, -0.25) is 4.90 Å². The molecule has 0 spiro atoms. The van der Waals surface area contributed by atoms with Gasteiger partial charge in [0.25, 0.3) is 0 Å². The van der Waals surface area contributed by atoms with E-state index in [1.165, 1.54) is 0 Å². The number of nitrogens with two attached hydrogens (primary N) is 1. The summed E-state index contributed by atoms with van der Waals surface area (Å²) in [5, 5.41) is 0.803. The maximum atomic E-state index is 6.32. The average molecular weight is 269 g/mol. The highest BCUT2D eigenvalue weighted by atomic mass is 35.5. The Balaban J connectivity index is 3.07. The second kappa shape index (κ2) is 7.13. The highest BCUT2D eigenvalue weighted by Crippen LogP contribution is 2.31. The van der Waals surface area contributed by atoms with Crippen LogP contribution in [0.3, 0.4) is 0 Å². The first kappa shape index (κ1) is 15.5. The summed E-state index contributed by atoms with van der Waals surface area (Å²) in [5.41, 5.74) is 7.31. The summed E-state index contributed by atoms with van der Waals surface area (Å²) in [4.78, 5) is 2.37. The van der Waals surface area contributed by atoms with E-state index in [4.69, 9.17) is 17.3 Å². The van der Waals surface area contributed by atoms with Crippen LogP contribution in [0, 0.1) is 0 Å². The van der Waals surface area contributed by atoms with Gasteiger partial charge in [-0.15, -0.1) is 0 Å². The molecule has 2 N–H and O–H groups in total. The first-order valence-electron chi connectivity index (χ1n) is 6.74. The maximum absolute atomic E-state index is 6.32. The van der Waals surface area contributed by atoms with Gasteiger partial charge in [-0.05, 0) is 38.4 Å². The number of benzene rings is 1. The van der Waals surface area contributed by atoms with Crippen molar-refractivity contribution in [3.63, 3.8) is 0 Å². The van der Waals surface area contributed by atoms with Crippen LogP contribution in [-0.2, 0) is 0 Å².